The summed E-state index contributed by atoms with van der Waals surface area (Å²) in [4.78, 5) is 16.3. The second kappa shape index (κ2) is 8.23. The Bertz CT molecular complexity index is 791. The van der Waals surface area contributed by atoms with Crippen molar-refractivity contribution in [3.05, 3.63) is 76.9 Å². The number of rotatable bonds is 4. The fraction of sp³-hybridized carbons (Fsp3) is 0.286. The van der Waals surface area contributed by atoms with Crippen LogP contribution >= 0.6 is 0 Å². The van der Waals surface area contributed by atoms with E-state index in [0.29, 0.717) is 13.1 Å². The van der Waals surface area contributed by atoms with Crippen molar-refractivity contribution < 1.29 is 13.6 Å². The molecule has 0 saturated carbocycles. The van der Waals surface area contributed by atoms with Crippen molar-refractivity contribution in [2.75, 3.05) is 26.2 Å². The predicted molar refractivity (Wildman–Crippen MR) is 98.4 cm³/mol. The Kier molecular flexibility index (Phi) is 5.78. The molecule has 3 rings (SSSR count). The van der Waals surface area contributed by atoms with Gasteiger partial charge in [0.05, 0.1) is 0 Å². The number of carbonyl (C=O) groups excluding carboxylic acids is 1. The summed E-state index contributed by atoms with van der Waals surface area (Å²) in [5.74, 6) is -1.56. The van der Waals surface area contributed by atoms with Crippen LogP contribution in [0.4, 0.5) is 8.78 Å². The van der Waals surface area contributed by atoms with E-state index in [0.717, 1.165) is 19.6 Å². The molecule has 1 fully saturated rings. The lowest BCUT2D eigenvalue weighted by Gasteiger charge is -2.34. The van der Waals surface area contributed by atoms with Crippen LogP contribution in [0.5, 0.6) is 0 Å². The van der Waals surface area contributed by atoms with Gasteiger partial charge >= 0.3 is 0 Å². The van der Waals surface area contributed by atoms with E-state index in [1.807, 2.05) is 12.1 Å². The topological polar surface area (TPSA) is 23.6 Å². The largest absolute Gasteiger partial charge is 0.337 e. The van der Waals surface area contributed by atoms with E-state index >= 15 is 0 Å². The maximum absolute atomic E-state index is 13.6. The Balaban J connectivity index is 1.55. The van der Waals surface area contributed by atoms with Crippen LogP contribution in [0.25, 0.3) is 6.08 Å². The van der Waals surface area contributed by atoms with E-state index in [1.54, 1.807) is 4.90 Å². The van der Waals surface area contributed by atoms with Gasteiger partial charge in [-0.25, -0.2) is 8.78 Å². The van der Waals surface area contributed by atoms with Crippen LogP contribution in [0.15, 0.2) is 48.5 Å². The number of hydrogen-bond donors (Lipinski definition) is 0. The van der Waals surface area contributed by atoms with Gasteiger partial charge in [0.25, 0.3) is 0 Å². The molecule has 1 aliphatic heterocycles. The minimum Gasteiger partial charge on any atom is -0.337 e. The van der Waals surface area contributed by atoms with Crippen LogP contribution < -0.4 is 0 Å². The Morgan fingerprint density at radius 3 is 2.31 bits per heavy atom. The van der Waals surface area contributed by atoms with E-state index in [2.05, 4.69) is 24.0 Å². The van der Waals surface area contributed by atoms with Crippen LogP contribution in [0.3, 0.4) is 0 Å². The molecule has 1 aliphatic rings. The monoisotopic (exact) mass is 356 g/mol. The molecule has 5 heteroatoms. The third-order valence-corrected chi connectivity index (χ3v) is 4.73. The third kappa shape index (κ3) is 4.35. The SMILES string of the molecule is Cc1ccccc1CN1CCN(C(=O)C=Cc2c(F)cccc2F)CC1. The van der Waals surface area contributed by atoms with Crippen LogP contribution in [-0.2, 0) is 11.3 Å². The number of carbonyl (C=O) groups is 1. The summed E-state index contributed by atoms with van der Waals surface area (Å²) in [7, 11) is 0. The van der Waals surface area contributed by atoms with E-state index in [1.165, 1.54) is 41.5 Å². The van der Waals surface area contributed by atoms with Gasteiger partial charge in [-0.2, -0.15) is 0 Å². The average Bonchev–Trinajstić information content (AvgIpc) is 2.64. The minimum atomic E-state index is -0.669. The maximum atomic E-state index is 13.6. The fourth-order valence-corrected chi connectivity index (χ4v) is 3.08. The number of halogens is 2. The third-order valence-electron chi connectivity index (χ3n) is 4.73. The molecule has 3 nitrogen and oxygen atoms in total. The van der Waals surface area contributed by atoms with Gasteiger partial charge in [0.1, 0.15) is 11.6 Å². The lowest BCUT2D eigenvalue weighted by molar-refractivity contribution is -0.127. The van der Waals surface area contributed by atoms with Crippen molar-refractivity contribution in [2.45, 2.75) is 13.5 Å². The Hall–Kier alpha value is -2.53. The van der Waals surface area contributed by atoms with Crippen molar-refractivity contribution in [3.63, 3.8) is 0 Å². The van der Waals surface area contributed by atoms with E-state index in [-0.39, 0.29) is 11.5 Å². The van der Waals surface area contributed by atoms with Gasteiger partial charge in [0, 0.05) is 44.4 Å². The van der Waals surface area contributed by atoms with Crippen LogP contribution in [-0.4, -0.2) is 41.9 Å². The van der Waals surface area contributed by atoms with Gasteiger partial charge in [-0.05, 0) is 36.3 Å². The molecule has 2 aromatic carbocycles. The Morgan fingerprint density at radius 1 is 1.00 bits per heavy atom. The number of amides is 1. The highest BCUT2D eigenvalue weighted by Gasteiger charge is 2.20. The van der Waals surface area contributed by atoms with Crippen molar-refractivity contribution in [2.24, 2.45) is 0 Å². The van der Waals surface area contributed by atoms with Gasteiger partial charge < -0.3 is 4.90 Å². The standard InChI is InChI=1S/C21H22F2N2O/c1-16-5-2-3-6-17(16)15-24-11-13-25(14-12-24)21(26)10-9-18-19(22)7-4-8-20(18)23/h2-10H,11-15H2,1H3. The maximum Gasteiger partial charge on any atom is 0.246 e. The number of aryl methyl sites for hydroxylation is 1. The first-order valence-electron chi connectivity index (χ1n) is 8.72. The summed E-state index contributed by atoms with van der Waals surface area (Å²) in [5.41, 5.74) is 2.38. The number of piperazine rings is 1. The molecule has 0 bridgehead atoms. The molecule has 0 aliphatic carbocycles. The molecule has 0 spiro atoms. The second-order valence-electron chi connectivity index (χ2n) is 6.50. The van der Waals surface area contributed by atoms with Crippen LogP contribution in [0.1, 0.15) is 16.7 Å². The minimum absolute atomic E-state index is 0.181. The lowest BCUT2D eigenvalue weighted by Crippen LogP contribution is -2.47. The Morgan fingerprint density at radius 2 is 1.65 bits per heavy atom. The summed E-state index contributed by atoms with van der Waals surface area (Å²) in [6.45, 7) is 5.74. The van der Waals surface area contributed by atoms with Crippen molar-refractivity contribution in [1.29, 1.82) is 0 Å². The van der Waals surface area contributed by atoms with Gasteiger partial charge in [-0.1, -0.05) is 30.3 Å². The summed E-state index contributed by atoms with van der Waals surface area (Å²) >= 11 is 0. The van der Waals surface area contributed by atoms with Crippen LogP contribution in [0.2, 0.25) is 0 Å². The zero-order valence-corrected chi connectivity index (χ0v) is 14.8. The summed E-state index contributed by atoms with van der Waals surface area (Å²) in [6, 6.07) is 11.9. The first-order valence-corrected chi connectivity index (χ1v) is 8.72. The molecule has 0 aromatic heterocycles. The van der Waals surface area contributed by atoms with Gasteiger partial charge in [0.2, 0.25) is 5.91 Å². The quantitative estimate of drug-likeness (QED) is 0.781. The molecular formula is C21H22F2N2O. The molecule has 0 atom stereocenters. The highest BCUT2D eigenvalue weighted by molar-refractivity contribution is 5.91. The zero-order chi connectivity index (χ0) is 18.5. The lowest BCUT2D eigenvalue weighted by atomic mass is 10.1. The molecule has 26 heavy (non-hydrogen) atoms. The summed E-state index contributed by atoms with van der Waals surface area (Å²) in [6.07, 6.45) is 2.46. The number of hydrogen-bond acceptors (Lipinski definition) is 2. The van der Waals surface area contributed by atoms with Crippen LogP contribution in [0, 0.1) is 18.6 Å². The molecular weight excluding hydrogens is 334 g/mol. The van der Waals surface area contributed by atoms with Gasteiger partial charge in [0.15, 0.2) is 0 Å². The molecule has 2 aromatic rings. The molecule has 1 amide bonds. The molecule has 136 valence electrons. The zero-order valence-electron chi connectivity index (χ0n) is 14.8. The first-order chi connectivity index (χ1) is 12.5. The predicted octanol–water partition coefficient (Wildman–Crippen LogP) is 3.63. The molecule has 0 N–H and O–H groups in total. The fourth-order valence-electron chi connectivity index (χ4n) is 3.08. The summed E-state index contributed by atoms with van der Waals surface area (Å²) < 4.78 is 27.2. The molecule has 0 radical (unpaired) electrons. The number of benzene rings is 2. The number of nitrogens with zero attached hydrogens (tertiary/aromatic N) is 2. The van der Waals surface area contributed by atoms with Crippen molar-refractivity contribution >= 4 is 12.0 Å². The highest BCUT2D eigenvalue weighted by atomic mass is 19.1. The van der Waals surface area contributed by atoms with Crippen molar-refractivity contribution in [3.8, 4) is 0 Å². The van der Waals surface area contributed by atoms with Gasteiger partial charge in [-0.3, -0.25) is 9.69 Å². The van der Waals surface area contributed by atoms with Gasteiger partial charge in [-0.15, -0.1) is 0 Å². The normalized spacial score (nSPS) is 15.6. The highest BCUT2D eigenvalue weighted by Crippen LogP contribution is 2.15. The van der Waals surface area contributed by atoms with E-state index < -0.39 is 11.6 Å². The molecule has 0 unspecified atom stereocenters. The van der Waals surface area contributed by atoms with Crippen molar-refractivity contribution in [1.82, 2.24) is 9.80 Å². The average molecular weight is 356 g/mol. The first kappa shape index (κ1) is 18.3. The second-order valence-corrected chi connectivity index (χ2v) is 6.50. The molecule has 1 saturated heterocycles. The van der Waals surface area contributed by atoms with E-state index in [9.17, 15) is 13.6 Å². The summed E-state index contributed by atoms with van der Waals surface area (Å²) in [5, 5.41) is 0. The molecule has 1 heterocycles. The van der Waals surface area contributed by atoms with E-state index in [4.69, 9.17) is 0 Å². The smallest absolute Gasteiger partial charge is 0.246 e. The Labute approximate surface area is 152 Å².